The number of rotatable bonds is 5. The number of nitrogens with zero attached hydrogens (tertiary/aromatic N) is 2. The van der Waals surface area contributed by atoms with Crippen LogP contribution in [0.25, 0.3) is 0 Å². The minimum Gasteiger partial charge on any atom is -0.360 e. The van der Waals surface area contributed by atoms with Crippen LogP contribution in [0.3, 0.4) is 0 Å². The minimum absolute atomic E-state index is 0.00566. The monoisotopic (exact) mass is 348 g/mol. The Morgan fingerprint density at radius 1 is 1.50 bits per heavy atom. The molecule has 3 rings (SSSR count). The average Bonchev–Trinajstić information content (AvgIpc) is 3.22. The number of thiophene rings is 1. The number of carbonyl (C=O) groups excluding carboxylic acids is 3. The largest absolute Gasteiger partial charge is 0.360 e. The van der Waals surface area contributed by atoms with Crippen LogP contribution in [0.1, 0.15) is 24.0 Å². The molecule has 126 valence electrons. The fraction of sp³-hybridized carbons (Fsp3) is 0.333. The maximum Gasteiger partial charge on any atom is 0.325 e. The van der Waals surface area contributed by atoms with E-state index in [0.29, 0.717) is 11.6 Å². The predicted molar refractivity (Wildman–Crippen MR) is 86.4 cm³/mol. The molecule has 2 aromatic rings. The standard InChI is InChI=1S/C15H16N4O4S/c1-9-8-11(18-23-9)16-12(20)5-6-19-13(21)15(2,17-14(19)22)10-4-3-7-24-10/h3-4,7-8H,5-6H2,1-2H3,(H,17,22)(H,16,18,20). The molecule has 8 nitrogen and oxygen atoms in total. The summed E-state index contributed by atoms with van der Waals surface area (Å²) in [5, 5.41) is 10.8. The first-order chi connectivity index (χ1) is 11.4. The van der Waals surface area contributed by atoms with Crippen molar-refractivity contribution in [1.82, 2.24) is 15.4 Å². The fourth-order valence-corrected chi connectivity index (χ4v) is 3.31. The Balaban J connectivity index is 1.62. The molecule has 0 bridgehead atoms. The van der Waals surface area contributed by atoms with Crippen LogP contribution in [0.4, 0.5) is 10.6 Å². The van der Waals surface area contributed by atoms with Gasteiger partial charge in [-0.3, -0.25) is 14.5 Å². The Morgan fingerprint density at radius 3 is 2.92 bits per heavy atom. The van der Waals surface area contributed by atoms with E-state index in [1.807, 2.05) is 11.4 Å². The van der Waals surface area contributed by atoms with Crippen molar-refractivity contribution in [2.45, 2.75) is 25.8 Å². The van der Waals surface area contributed by atoms with Crippen LogP contribution in [0.5, 0.6) is 0 Å². The summed E-state index contributed by atoms with van der Waals surface area (Å²) in [4.78, 5) is 38.4. The molecular formula is C15H16N4O4S. The summed E-state index contributed by atoms with van der Waals surface area (Å²) in [6.07, 6.45) is -0.0222. The number of aromatic nitrogens is 1. The molecule has 1 saturated heterocycles. The van der Waals surface area contributed by atoms with Crippen LogP contribution in [0, 0.1) is 6.92 Å². The molecule has 1 atom stereocenters. The highest BCUT2D eigenvalue weighted by Crippen LogP contribution is 2.31. The summed E-state index contributed by atoms with van der Waals surface area (Å²) in [5.41, 5.74) is -1.08. The van der Waals surface area contributed by atoms with Gasteiger partial charge in [-0.15, -0.1) is 11.3 Å². The fourth-order valence-electron chi connectivity index (χ4n) is 2.47. The molecule has 9 heteroatoms. The van der Waals surface area contributed by atoms with Crippen molar-refractivity contribution < 1.29 is 18.9 Å². The van der Waals surface area contributed by atoms with E-state index in [4.69, 9.17) is 4.52 Å². The maximum absolute atomic E-state index is 12.6. The molecule has 1 aliphatic heterocycles. The van der Waals surface area contributed by atoms with Gasteiger partial charge in [-0.05, 0) is 25.3 Å². The Morgan fingerprint density at radius 2 is 2.29 bits per heavy atom. The van der Waals surface area contributed by atoms with Gasteiger partial charge in [0.15, 0.2) is 11.4 Å². The quantitative estimate of drug-likeness (QED) is 0.802. The first-order valence-corrected chi connectivity index (χ1v) is 8.19. The lowest BCUT2D eigenvalue weighted by molar-refractivity contribution is -0.131. The molecule has 4 amide bonds. The average molecular weight is 348 g/mol. The minimum atomic E-state index is -1.08. The molecule has 1 unspecified atom stereocenters. The van der Waals surface area contributed by atoms with Gasteiger partial charge in [0.1, 0.15) is 5.76 Å². The summed E-state index contributed by atoms with van der Waals surface area (Å²) in [5.74, 6) is 0.165. The zero-order valence-electron chi connectivity index (χ0n) is 13.2. The molecule has 1 aliphatic rings. The van der Waals surface area contributed by atoms with E-state index in [-0.39, 0.29) is 24.8 Å². The van der Waals surface area contributed by atoms with E-state index in [0.717, 1.165) is 9.78 Å². The summed E-state index contributed by atoms with van der Waals surface area (Å²) >= 11 is 1.40. The number of anilines is 1. The van der Waals surface area contributed by atoms with Crippen LogP contribution in [-0.2, 0) is 15.1 Å². The highest BCUT2D eigenvalue weighted by atomic mass is 32.1. The topological polar surface area (TPSA) is 105 Å². The van der Waals surface area contributed by atoms with Crippen molar-refractivity contribution in [2.24, 2.45) is 0 Å². The Bertz CT molecular complexity index is 785. The third-order valence-electron chi connectivity index (χ3n) is 3.75. The number of urea groups is 1. The van der Waals surface area contributed by atoms with Gasteiger partial charge in [0.25, 0.3) is 5.91 Å². The second kappa shape index (κ2) is 6.08. The lowest BCUT2D eigenvalue weighted by Crippen LogP contribution is -2.40. The number of carbonyl (C=O) groups is 3. The molecule has 24 heavy (non-hydrogen) atoms. The van der Waals surface area contributed by atoms with E-state index >= 15 is 0 Å². The number of aryl methyl sites for hydroxylation is 1. The second-order valence-corrected chi connectivity index (χ2v) is 6.56. The molecule has 2 aromatic heterocycles. The number of hydrogen-bond acceptors (Lipinski definition) is 6. The second-order valence-electron chi connectivity index (χ2n) is 5.61. The van der Waals surface area contributed by atoms with Crippen LogP contribution >= 0.6 is 11.3 Å². The molecular weight excluding hydrogens is 332 g/mol. The van der Waals surface area contributed by atoms with Crippen LogP contribution in [-0.4, -0.2) is 34.4 Å². The molecule has 0 spiro atoms. The number of nitrogens with one attached hydrogen (secondary N) is 2. The summed E-state index contributed by atoms with van der Waals surface area (Å²) in [6, 6.07) is 4.70. The molecule has 0 saturated carbocycles. The third kappa shape index (κ3) is 2.90. The van der Waals surface area contributed by atoms with Crippen molar-refractivity contribution in [3.63, 3.8) is 0 Å². The van der Waals surface area contributed by atoms with E-state index in [2.05, 4.69) is 15.8 Å². The molecule has 0 radical (unpaired) electrons. The predicted octanol–water partition coefficient (Wildman–Crippen LogP) is 1.84. The van der Waals surface area contributed by atoms with Crippen LogP contribution in [0.15, 0.2) is 28.1 Å². The zero-order chi connectivity index (χ0) is 17.3. The molecule has 1 fully saturated rings. The summed E-state index contributed by atoms with van der Waals surface area (Å²) in [7, 11) is 0. The van der Waals surface area contributed by atoms with Gasteiger partial charge in [0, 0.05) is 23.9 Å². The Hall–Kier alpha value is -2.68. The van der Waals surface area contributed by atoms with Crippen molar-refractivity contribution in [3.8, 4) is 0 Å². The number of hydrogen-bond donors (Lipinski definition) is 2. The van der Waals surface area contributed by atoms with Gasteiger partial charge >= 0.3 is 6.03 Å². The van der Waals surface area contributed by atoms with E-state index in [1.165, 1.54) is 11.3 Å². The number of imide groups is 1. The Labute approximate surface area is 141 Å². The van der Waals surface area contributed by atoms with Gasteiger partial charge in [-0.25, -0.2) is 4.79 Å². The molecule has 2 N–H and O–H groups in total. The van der Waals surface area contributed by atoms with Crippen LogP contribution in [0.2, 0.25) is 0 Å². The first-order valence-electron chi connectivity index (χ1n) is 7.31. The van der Waals surface area contributed by atoms with E-state index in [1.54, 1.807) is 26.0 Å². The van der Waals surface area contributed by atoms with Crippen molar-refractivity contribution in [2.75, 3.05) is 11.9 Å². The molecule has 0 aliphatic carbocycles. The van der Waals surface area contributed by atoms with Crippen molar-refractivity contribution in [1.29, 1.82) is 0 Å². The van der Waals surface area contributed by atoms with Gasteiger partial charge in [-0.2, -0.15) is 0 Å². The summed E-state index contributed by atoms with van der Waals surface area (Å²) in [6.45, 7) is 3.37. The van der Waals surface area contributed by atoms with E-state index < -0.39 is 11.6 Å². The highest BCUT2D eigenvalue weighted by molar-refractivity contribution is 7.10. The maximum atomic E-state index is 12.6. The zero-order valence-corrected chi connectivity index (χ0v) is 14.0. The normalized spacial score (nSPS) is 20.3. The SMILES string of the molecule is Cc1cc(NC(=O)CCN2C(=O)NC(C)(c3cccs3)C2=O)no1. The van der Waals surface area contributed by atoms with Gasteiger partial charge in [0.05, 0.1) is 0 Å². The summed E-state index contributed by atoms with van der Waals surface area (Å²) < 4.78 is 4.85. The third-order valence-corrected chi connectivity index (χ3v) is 4.84. The van der Waals surface area contributed by atoms with Gasteiger partial charge in [-0.1, -0.05) is 11.2 Å². The Kier molecular flexibility index (Phi) is 4.10. The van der Waals surface area contributed by atoms with Crippen molar-refractivity contribution >= 4 is 35.0 Å². The smallest absolute Gasteiger partial charge is 0.325 e. The van der Waals surface area contributed by atoms with Gasteiger partial charge in [0.2, 0.25) is 5.91 Å². The van der Waals surface area contributed by atoms with Gasteiger partial charge < -0.3 is 15.2 Å². The molecule has 0 aromatic carbocycles. The van der Waals surface area contributed by atoms with E-state index in [9.17, 15) is 14.4 Å². The van der Waals surface area contributed by atoms with Crippen molar-refractivity contribution in [3.05, 3.63) is 34.2 Å². The highest BCUT2D eigenvalue weighted by Gasteiger charge is 2.49. The lowest BCUT2D eigenvalue weighted by Gasteiger charge is -2.20. The lowest BCUT2D eigenvalue weighted by atomic mass is 10.0. The first kappa shape index (κ1) is 16.2. The van der Waals surface area contributed by atoms with Crippen LogP contribution < -0.4 is 10.6 Å². The molecule has 3 heterocycles. The number of amides is 4.